The van der Waals surface area contributed by atoms with Crippen LogP contribution in [0.2, 0.25) is 0 Å². The smallest absolute Gasteiger partial charge is 0.0969 e. The maximum Gasteiger partial charge on any atom is 0.0969 e. The molecule has 0 saturated carbocycles. The number of hydrogen-bond acceptors (Lipinski definition) is 3. The Kier molecular flexibility index (Phi) is 5.23. The van der Waals surface area contributed by atoms with Gasteiger partial charge in [0.25, 0.3) is 0 Å². The van der Waals surface area contributed by atoms with Crippen molar-refractivity contribution < 1.29 is 14.6 Å². The quantitative estimate of drug-likeness (QED) is 0.761. The minimum atomic E-state index is -0.252. The molecule has 1 aliphatic heterocycles. The van der Waals surface area contributed by atoms with Gasteiger partial charge in [0.05, 0.1) is 24.2 Å². The molecule has 116 valence electrons. The van der Waals surface area contributed by atoms with Gasteiger partial charge in [-0.2, -0.15) is 0 Å². The zero-order chi connectivity index (χ0) is 15.4. The van der Waals surface area contributed by atoms with Crippen molar-refractivity contribution in [3.8, 4) is 0 Å². The molecule has 0 radical (unpaired) electrons. The second-order valence-electron chi connectivity index (χ2n) is 5.83. The van der Waals surface area contributed by atoms with Gasteiger partial charge >= 0.3 is 0 Å². The second kappa shape index (κ2) is 6.94. The summed E-state index contributed by atoms with van der Waals surface area (Å²) in [7, 11) is 0. The Hall–Kier alpha value is -1.55. The number of hydrogen-bond donors (Lipinski definition) is 2. The molecule has 21 heavy (non-hydrogen) atoms. The maximum absolute atomic E-state index is 12.9. The normalized spacial score (nSPS) is 30.7. The third kappa shape index (κ3) is 3.56. The van der Waals surface area contributed by atoms with Gasteiger partial charge in [-0.25, -0.2) is 4.39 Å². The summed E-state index contributed by atoms with van der Waals surface area (Å²) in [4.78, 5) is 2.15. The highest BCUT2D eigenvalue weighted by atomic mass is 19.1. The molecule has 0 amide bonds. The molecule has 1 fully saturated rings. The zero-order valence-corrected chi connectivity index (χ0v) is 12.5. The molecule has 1 heterocycles. The summed E-state index contributed by atoms with van der Waals surface area (Å²) >= 11 is 0. The lowest BCUT2D eigenvalue weighted by Crippen LogP contribution is -2.59. The monoisotopic (exact) mass is 293 g/mol. The molecule has 0 aromatic rings. The van der Waals surface area contributed by atoms with E-state index in [9.17, 15) is 14.6 Å². The summed E-state index contributed by atoms with van der Waals surface area (Å²) < 4.78 is 12.9. The Bertz CT molecular complexity index is 477. The predicted molar refractivity (Wildman–Crippen MR) is 82.3 cm³/mol. The molecule has 1 saturated heterocycles. The number of allylic oxidation sites excluding steroid dienone is 6. The molecule has 0 aromatic carbocycles. The molecule has 2 aliphatic rings. The van der Waals surface area contributed by atoms with E-state index in [0.717, 1.165) is 31.4 Å². The molecule has 2 rings (SSSR count). The van der Waals surface area contributed by atoms with Gasteiger partial charge in [0.1, 0.15) is 0 Å². The van der Waals surface area contributed by atoms with Gasteiger partial charge in [0, 0.05) is 18.2 Å². The minimum absolute atomic E-state index is 0.0760. The molecule has 0 bridgehead atoms. The Morgan fingerprint density at radius 1 is 1.52 bits per heavy atom. The van der Waals surface area contributed by atoms with Crippen molar-refractivity contribution in [2.75, 3.05) is 6.61 Å². The third-order valence-electron chi connectivity index (χ3n) is 4.44. The van der Waals surface area contributed by atoms with E-state index in [1.54, 1.807) is 12.2 Å². The van der Waals surface area contributed by atoms with Crippen molar-refractivity contribution in [3.63, 3.8) is 0 Å². The Labute approximate surface area is 125 Å². The highest BCUT2D eigenvalue weighted by Crippen LogP contribution is 2.40. The first-order valence-electron chi connectivity index (χ1n) is 7.50. The van der Waals surface area contributed by atoms with Gasteiger partial charge in [-0.1, -0.05) is 6.58 Å². The van der Waals surface area contributed by atoms with E-state index < -0.39 is 0 Å². The van der Waals surface area contributed by atoms with Gasteiger partial charge in [-0.15, -0.1) is 0 Å². The minimum Gasteiger partial charge on any atom is -0.513 e. The summed E-state index contributed by atoms with van der Waals surface area (Å²) in [5.74, 6) is 0.686. The number of rotatable bonds is 5. The molecule has 0 spiro atoms. The number of nitrogens with zero attached hydrogens (tertiary/aromatic N) is 1. The third-order valence-corrected chi connectivity index (χ3v) is 4.44. The first-order chi connectivity index (χ1) is 10.1. The summed E-state index contributed by atoms with van der Waals surface area (Å²) in [5, 5.41) is 19.0. The summed E-state index contributed by atoms with van der Waals surface area (Å²) in [6.07, 6.45) is 10.2. The largest absolute Gasteiger partial charge is 0.513 e. The molecule has 3 atom stereocenters. The maximum atomic E-state index is 12.9. The Morgan fingerprint density at radius 2 is 2.29 bits per heavy atom. The number of likely N-dealkylation sites (tertiary alicyclic amines) is 1. The number of aliphatic hydroxyl groups is 2. The molecule has 2 N–H and O–H groups in total. The van der Waals surface area contributed by atoms with Gasteiger partial charge in [0.2, 0.25) is 0 Å². The van der Waals surface area contributed by atoms with Gasteiger partial charge in [-0.3, -0.25) is 0 Å². The van der Waals surface area contributed by atoms with Gasteiger partial charge in [-0.05, 0) is 56.4 Å². The van der Waals surface area contributed by atoms with Crippen molar-refractivity contribution in [1.82, 2.24) is 4.90 Å². The molecular weight excluding hydrogens is 269 g/mol. The highest BCUT2D eigenvalue weighted by molar-refractivity contribution is 5.26. The topological polar surface area (TPSA) is 43.7 Å². The predicted octanol–water partition coefficient (Wildman–Crippen LogP) is 3.61. The zero-order valence-electron chi connectivity index (χ0n) is 12.5. The molecule has 4 heteroatoms. The summed E-state index contributed by atoms with van der Waals surface area (Å²) in [6.45, 7) is 5.30. The highest BCUT2D eigenvalue weighted by Gasteiger charge is 2.42. The lowest BCUT2D eigenvalue weighted by molar-refractivity contribution is -0.0171. The molecular formula is C17H24FNO2. The van der Waals surface area contributed by atoms with E-state index in [-0.39, 0.29) is 18.5 Å². The van der Waals surface area contributed by atoms with Crippen LogP contribution in [-0.4, -0.2) is 33.8 Å². The Morgan fingerprint density at radius 3 is 2.81 bits per heavy atom. The second-order valence-corrected chi connectivity index (χ2v) is 5.83. The van der Waals surface area contributed by atoms with Crippen molar-refractivity contribution in [2.24, 2.45) is 5.92 Å². The van der Waals surface area contributed by atoms with Crippen LogP contribution in [0.4, 0.5) is 4.39 Å². The molecule has 2 unspecified atom stereocenters. The van der Waals surface area contributed by atoms with Crippen LogP contribution in [0.1, 0.15) is 32.6 Å². The van der Waals surface area contributed by atoms with Crippen LogP contribution >= 0.6 is 0 Å². The molecule has 1 aliphatic carbocycles. The lowest BCUT2D eigenvalue weighted by atomic mass is 9.77. The van der Waals surface area contributed by atoms with Crippen LogP contribution in [0.3, 0.4) is 0 Å². The average molecular weight is 293 g/mol. The van der Waals surface area contributed by atoms with E-state index in [2.05, 4.69) is 11.5 Å². The van der Waals surface area contributed by atoms with Crippen molar-refractivity contribution in [1.29, 1.82) is 0 Å². The van der Waals surface area contributed by atoms with E-state index in [1.807, 2.05) is 6.08 Å². The van der Waals surface area contributed by atoms with Crippen molar-refractivity contribution >= 4 is 0 Å². The fraction of sp³-hybridized carbons (Fsp3) is 0.529. The first kappa shape index (κ1) is 15.8. The van der Waals surface area contributed by atoms with Crippen LogP contribution in [0.15, 0.2) is 48.2 Å². The average Bonchev–Trinajstić information content (AvgIpc) is 2.44. The first-order valence-corrected chi connectivity index (χ1v) is 7.50. The molecule has 3 nitrogen and oxygen atoms in total. The van der Waals surface area contributed by atoms with Crippen LogP contribution in [0.25, 0.3) is 0 Å². The molecule has 0 aromatic heterocycles. The van der Waals surface area contributed by atoms with Gasteiger partial charge < -0.3 is 15.1 Å². The lowest BCUT2D eigenvalue weighted by Gasteiger charge is -2.54. The van der Waals surface area contributed by atoms with Gasteiger partial charge in [0.15, 0.2) is 0 Å². The van der Waals surface area contributed by atoms with E-state index in [1.165, 1.54) is 13.0 Å². The van der Waals surface area contributed by atoms with E-state index in [0.29, 0.717) is 17.7 Å². The van der Waals surface area contributed by atoms with Crippen LogP contribution in [-0.2, 0) is 0 Å². The number of halogens is 1. The number of aliphatic hydroxyl groups excluding tert-OH is 2. The van der Waals surface area contributed by atoms with Crippen LogP contribution < -0.4 is 0 Å². The SMILES string of the molecule is C=C/C(=C\C=C(/C)F)N1C(CO)C[C@H]1C1CC=C(O)CC1. The summed E-state index contributed by atoms with van der Waals surface area (Å²) in [6, 6.07) is 0.399. The van der Waals surface area contributed by atoms with E-state index in [4.69, 9.17) is 0 Å². The van der Waals surface area contributed by atoms with Crippen LogP contribution in [0, 0.1) is 5.92 Å². The van der Waals surface area contributed by atoms with Crippen LogP contribution in [0.5, 0.6) is 0 Å². The van der Waals surface area contributed by atoms with Crippen molar-refractivity contribution in [2.45, 2.75) is 44.7 Å². The standard InChI is InChI=1S/C17H24FNO2/c1-3-14(7-4-12(2)18)19-15(11-20)10-17(19)13-5-8-16(21)9-6-13/h3-4,7-8,13,15,17,20-21H,1,5-6,9-11H2,2H3/b12-4+,14-7+/t13?,15?,17-/m0/s1. The summed E-state index contributed by atoms with van der Waals surface area (Å²) in [5.41, 5.74) is 0.848. The fourth-order valence-corrected chi connectivity index (χ4v) is 3.27. The van der Waals surface area contributed by atoms with E-state index >= 15 is 0 Å². The van der Waals surface area contributed by atoms with Crippen molar-refractivity contribution in [3.05, 3.63) is 48.2 Å². The Balaban J connectivity index is 2.14. The fourth-order valence-electron chi connectivity index (χ4n) is 3.27.